The van der Waals surface area contributed by atoms with Gasteiger partial charge in [-0.3, -0.25) is 4.79 Å². The quantitative estimate of drug-likeness (QED) is 0.703. The van der Waals surface area contributed by atoms with E-state index in [0.29, 0.717) is 11.3 Å². The zero-order chi connectivity index (χ0) is 19.6. The van der Waals surface area contributed by atoms with Crippen LogP contribution in [-0.2, 0) is 13.1 Å². The average Bonchev–Trinajstić information content (AvgIpc) is 2.91. The van der Waals surface area contributed by atoms with Gasteiger partial charge in [0, 0.05) is 18.8 Å². The van der Waals surface area contributed by atoms with E-state index in [1.54, 1.807) is 16.7 Å². The molecule has 0 aliphatic heterocycles. The van der Waals surface area contributed by atoms with Gasteiger partial charge >= 0.3 is 0 Å². The number of amides is 1. The van der Waals surface area contributed by atoms with Crippen molar-refractivity contribution in [1.29, 1.82) is 0 Å². The molecule has 140 valence electrons. The highest BCUT2D eigenvalue weighted by Crippen LogP contribution is 2.19. The van der Waals surface area contributed by atoms with Gasteiger partial charge in [0.15, 0.2) is 11.6 Å². The van der Waals surface area contributed by atoms with E-state index in [2.05, 4.69) is 5.32 Å². The molecule has 0 saturated heterocycles. The molecule has 0 bridgehead atoms. The van der Waals surface area contributed by atoms with E-state index >= 15 is 0 Å². The summed E-state index contributed by atoms with van der Waals surface area (Å²) < 4.78 is 41.4. The Morgan fingerprint density at radius 2 is 1.59 bits per heavy atom. The zero-order valence-electron chi connectivity index (χ0n) is 15.0. The molecule has 1 amide bonds. The first-order valence-electron chi connectivity index (χ1n) is 8.48. The Balaban J connectivity index is 1.81. The van der Waals surface area contributed by atoms with Crippen LogP contribution in [-0.4, -0.2) is 10.5 Å². The molecule has 3 nitrogen and oxygen atoms in total. The first-order valence-corrected chi connectivity index (χ1v) is 8.48. The monoisotopic (exact) mass is 372 g/mol. The van der Waals surface area contributed by atoms with Gasteiger partial charge in [0.25, 0.3) is 5.91 Å². The van der Waals surface area contributed by atoms with Crippen molar-refractivity contribution >= 4 is 5.91 Å². The van der Waals surface area contributed by atoms with Crippen LogP contribution in [0.2, 0.25) is 0 Å². The van der Waals surface area contributed by atoms with E-state index in [-0.39, 0.29) is 24.8 Å². The Morgan fingerprint density at radius 3 is 2.26 bits per heavy atom. The number of carbonyl (C=O) groups is 1. The number of hydrogen-bond acceptors (Lipinski definition) is 1. The van der Waals surface area contributed by atoms with Crippen molar-refractivity contribution < 1.29 is 18.0 Å². The van der Waals surface area contributed by atoms with Gasteiger partial charge in [-0.05, 0) is 60.9 Å². The number of hydrogen-bond donors (Lipinski definition) is 1. The standard InChI is InChI=1S/C21H19F3N2O/c1-13-9-14(2)26(12-16-5-8-18(23)19(24)10-16)20(13)21(27)25-11-15-3-6-17(22)7-4-15/h3-10H,11-12H2,1-2H3,(H,25,27). The summed E-state index contributed by atoms with van der Waals surface area (Å²) in [5.41, 5.74) is 3.41. The molecule has 3 aromatic rings. The molecule has 0 unspecified atom stereocenters. The first-order chi connectivity index (χ1) is 12.8. The van der Waals surface area contributed by atoms with Gasteiger partial charge in [-0.1, -0.05) is 18.2 Å². The van der Waals surface area contributed by atoms with Crippen LogP contribution in [0.4, 0.5) is 13.2 Å². The molecule has 2 aromatic carbocycles. The molecule has 0 aliphatic rings. The normalized spacial score (nSPS) is 10.9. The minimum absolute atomic E-state index is 0.246. The summed E-state index contributed by atoms with van der Waals surface area (Å²) in [4.78, 5) is 12.7. The van der Waals surface area contributed by atoms with Crippen LogP contribution >= 0.6 is 0 Å². The van der Waals surface area contributed by atoms with Crippen molar-refractivity contribution in [1.82, 2.24) is 9.88 Å². The fourth-order valence-electron chi connectivity index (χ4n) is 3.04. The lowest BCUT2D eigenvalue weighted by atomic mass is 10.2. The maximum Gasteiger partial charge on any atom is 0.268 e. The maximum absolute atomic E-state index is 13.5. The summed E-state index contributed by atoms with van der Waals surface area (Å²) in [6.45, 7) is 4.18. The molecule has 0 radical (unpaired) electrons. The lowest BCUT2D eigenvalue weighted by molar-refractivity contribution is 0.0941. The predicted molar refractivity (Wildman–Crippen MR) is 96.9 cm³/mol. The highest BCUT2D eigenvalue weighted by atomic mass is 19.2. The van der Waals surface area contributed by atoms with Crippen LogP contribution in [0, 0.1) is 31.3 Å². The van der Waals surface area contributed by atoms with Crippen LogP contribution in [0.3, 0.4) is 0 Å². The largest absolute Gasteiger partial charge is 0.347 e. The molecule has 1 N–H and O–H groups in total. The molecule has 0 spiro atoms. The second-order valence-electron chi connectivity index (χ2n) is 6.46. The second-order valence-corrected chi connectivity index (χ2v) is 6.46. The molecular formula is C21H19F3N2O. The van der Waals surface area contributed by atoms with Crippen LogP contribution in [0.1, 0.15) is 32.9 Å². The fourth-order valence-corrected chi connectivity index (χ4v) is 3.04. The molecule has 0 saturated carbocycles. The summed E-state index contributed by atoms with van der Waals surface area (Å²) in [6.07, 6.45) is 0. The van der Waals surface area contributed by atoms with Gasteiger partial charge in [-0.15, -0.1) is 0 Å². The first kappa shape index (κ1) is 18.8. The average molecular weight is 372 g/mol. The SMILES string of the molecule is Cc1cc(C)n(Cc2ccc(F)c(F)c2)c1C(=O)NCc1ccc(F)cc1. The van der Waals surface area contributed by atoms with Gasteiger partial charge in [0.2, 0.25) is 0 Å². The molecule has 27 heavy (non-hydrogen) atoms. The Morgan fingerprint density at radius 1 is 0.926 bits per heavy atom. The number of rotatable bonds is 5. The van der Waals surface area contributed by atoms with Gasteiger partial charge in [-0.25, -0.2) is 13.2 Å². The molecule has 1 aromatic heterocycles. The molecule has 6 heteroatoms. The third-order valence-corrected chi connectivity index (χ3v) is 4.40. The third kappa shape index (κ3) is 4.22. The Hall–Kier alpha value is -3.02. The molecule has 0 atom stereocenters. The van der Waals surface area contributed by atoms with Crippen LogP contribution in [0.15, 0.2) is 48.5 Å². The van der Waals surface area contributed by atoms with E-state index < -0.39 is 11.6 Å². The van der Waals surface area contributed by atoms with Gasteiger partial charge in [-0.2, -0.15) is 0 Å². The Bertz CT molecular complexity index is 978. The highest BCUT2D eigenvalue weighted by molar-refractivity contribution is 5.94. The molecule has 3 rings (SSSR count). The van der Waals surface area contributed by atoms with Crippen molar-refractivity contribution in [3.63, 3.8) is 0 Å². The van der Waals surface area contributed by atoms with Crippen LogP contribution < -0.4 is 5.32 Å². The van der Waals surface area contributed by atoms with Crippen LogP contribution in [0.25, 0.3) is 0 Å². The Kier molecular flexibility index (Phi) is 5.35. The number of nitrogens with one attached hydrogen (secondary N) is 1. The smallest absolute Gasteiger partial charge is 0.268 e. The lowest BCUT2D eigenvalue weighted by Gasteiger charge is -2.13. The highest BCUT2D eigenvalue weighted by Gasteiger charge is 2.18. The molecule has 0 fully saturated rings. The zero-order valence-corrected chi connectivity index (χ0v) is 15.0. The van der Waals surface area contributed by atoms with Crippen molar-refractivity contribution in [2.24, 2.45) is 0 Å². The van der Waals surface area contributed by atoms with E-state index in [9.17, 15) is 18.0 Å². The summed E-state index contributed by atoms with van der Waals surface area (Å²) in [5.74, 6) is -2.45. The second kappa shape index (κ2) is 7.70. The topological polar surface area (TPSA) is 34.0 Å². The lowest BCUT2D eigenvalue weighted by Crippen LogP contribution is -2.26. The predicted octanol–water partition coefficient (Wildman–Crippen LogP) is 4.50. The Labute approximate surface area is 155 Å². The van der Waals surface area contributed by atoms with Crippen molar-refractivity contribution in [3.8, 4) is 0 Å². The third-order valence-electron chi connectivity index (χ3n) is 4.40. The van der Waals surface area contributed by atoms with Crippen molar-refractivity contribution in [3.05, 3.63) is 94.1 Å². The van der Waals surface area contributed by atoms with Crippen molar-refractivity contribution in [2.75, 3.05) is 0 Å². The maximum atomic E-state index is 13.5. The minimum Gasteiger partial charge on any atom is -0.347 e. The van der Waals surface area contributed by atoms with Gasteiger partial charge < -0.3 is 9.88 Å². The summed E-state index contributed by atoms with van der Waals surface area (Å²) >= 11 is 0. The van der Waals surface area contributed by atoms with E-state index in [1.165, 1.54) is 18.2 Å². The fraction of sp³-hybridized carbons (Fsp3) is 0.190. The molecular weight excluding hydrogens is 353 g/mol. The van der Waals surface area contributed by atoms with E-state index in [4.69, 9.17) is 0 Å². The number of aromatic nitrogens is 1. The van der Waals surface area contributed by atoms with Gasteiger partial charge in [0.05, 0.1) is 0 Å². The molecule has 0 aliphatic carbocycles. The number of halogens is 3. The number of carbonyl (C=O) groups excluding carboxylic acids is 1. The van der Waals surface area contributed by atoms with Gasteiger partial charge in [0.1, 0.15) is 11.5 Å². The number of benzene rings is 2. The summed E-state index contributed by atoms with van der Waals surface area (Å²) in [7, 11) is 0. The summed E-state index contributed by atoms with van der Waals surface area (Å²) in [5, 5.41) is 2.82. The molecule has 1 heterocycles. The van der Waals surface area contributed by atoms with E-state index in [0.717, 1.165) is 29.0 Å². The van der Waals surface area contributed by atoms with Crippen molar-refractivity contribution in [2.45, 2.75) is 26.9 Å². The minimum atomic E-state index is -0.920. The van der Waals surface area contributed by atoms with E-state index in [1.807, 2.05) is 19.9 Å². The summed E-state index contributed by atoms with van der Waals surface area (Å²) in [6, 6.07) is 11.4. The van der Waals surface area contributed by atoms with Crippen LogP contribution in [0.5, 0.6) is 0 Å². The number of aryl methyl sites for hydroxylation is 2. The number of nitrogens with zero attached hydrogens (tertiary/aromatic N) is 1.